The van der Waals surface area contributed by atoms with Gasteiger partial charge in [-0.2, -0.15) is 0 Å². The number of nitrogens with two attached hydrogens (primary N) is 1. The number of aromatic nitrogens is 1. The Kier molecular flexibility index (Phi) is 3.69. The van der Waals surface area contributed by atoms with Crippen LogP contribution in [0.2, 0.25) is 0 Å². The van der Waals surface area contributed by atoms with Crippen LogP contribution in [0.4, 0.5) is 0 Å². The Balaban J connectivity index is 2.26. The van der Waals surface area contributed by atoms with E-state index >= 15 is 0 Å². The molecule has 1 aliphatic rings. The largest absolute Gasteiger partial charge is 0.345 e. The van der Waals surface area contributed by atoms with E-state index in [1.165, 1.54) is 16.8 Å². The predicted octanol–water partition coefficient (Wildman–Crippen LogP) is 0.687. The molecule has 0 aromatic carbocycles. The van der Waals surface area contributed by atoms with Gasteiger partial charge in [-0.05, 0) is 18.9 Å². The second-order valence-electron chi connectivity index (χ2n) is 5.07. The summed E-state index contributed by atoms with van der Waals surface area (Å²) in [5, 5.41) is 5.07. The fourth-order valence-corrected chi connectivity index (χ4v) is 3.12. The van der Waals surface area contributed by atoms with Crippen LogP contribution in [-0.4, -0.2) is 36.9 Å². The lowest BCUT2D eigenvalue weighted by molar-refractivity contribution is 0.0725. The zero-order chi connectivity index (χ0) is 14.2. The number of carbonyl (C=O) groups is 1. The van der Waals surface area contributed by atoms with Gasteiger partial charge in [0.25, 0.3) is 5.91 Å². The van der Waals surface area contributed by atoms with Gasteiger partial charge in [0.05, 0.1) is 0 Å². The molecule has 0 unspecified atom stereocenters. The van der Waals surface area contributed by atoms with Crippen molar-refractivity contribution < 1.29 is 13.2 Å². The van der Waals surface area contributed by atoms with Crippen molar-refractivity contribution in [3.8, 4) is 0 Å². The zero-order valence-corrected chi connectivity index (χ0v) is 12.0. The van der Waals surface area contributed by atoms with E-state index in [0.29, 0.717) is 5.69 Å². The van der Waals surface area contributed by atoms with Crippen LogP contribution < -0.4 is 5.14 Å². The minimum absolute atomic E-state index is 0.0295. The van der Waals surface area contributed by atoms with Crippen LogP contribution >= 0.6 is 0 Å². The average Bonchev–Trinajstić information content (AvgIpc) is 2.94. The van der Waals surface area contributed by atoms with Crippen molar-refractivity contribution in [1.29, 1.82) is 0 Å². The van der Waals surface area contributed by atoms with E-state index in [4.69, 9.17) is 5.14 Å². The van der Waals surface area contributed by atoms with Crippen molar-refractivity contribution in [2.75, 3.05) is 7.05 Å². The van der Waals surface area contributed by atoms with Crippen LogP contribution in [0.5, 0.6) is 0 Å². The molecule has 2 N–H and O–H groups in total. The summed E-state index contributed by atoms with van der Waals surface area (Å²) in [6.07, 6.45) is 5.66. The second kappa shape index (κ2) is 4.97. The molecule has 0 spiro atoms. The molecule has 106 valence electrons. The first-order valence-electron chi connectivity index (χ1n) is 6.27. The summed E-state index contributed by atoms with van der Waals surface area (Å²) in [6.45, 7) is 0. The average molecular weight is 285 g/mol. The molecule has 1 fully saturated rings. The summed E-state index contributed by atoms with van der Waals surface area (Å²) in [5.41, 5.74) is 0.346. The standard InChI is InChI=1S/C12H19N3O3S/c1-14-8-10(19(13,17)18)7-11(14)12(16)15(2)9-5-3-4-6-9/h7-9H,3-6H2,1-2H3,(H2,13,17,18). The Bertz CT molecular complexity index is 585. The Morgan fingerprint density at radius 2 is 2.00 bits per heavy atom. The molecule has 1 aromatic rings. The summed E-state index contributed by atoms with van der Waals surface area (Å²) in [7, 11) is -0.365. The lowest BCUT2D eigenvalue weighted by Crippen LogP contribution is -2.36. The van der Waals surface area contributed by atoms with Crippen LogP contribution in [0.15, 0.2) is 17.2 Å². The van der Waals surface area contributed by atoms with Crippen molar-refractivity contribution >= 4 is 15.9 Å². The van der Waals surface area contributed by atoms with E-state index in [1.807, 2.05) is 0 Å². The maximum absolute atomic E-state index is 12.4. The maximum atomic E-state index is 12.4. The normalized spacial score (nSPS) is 16.8. The number of primary sulfonamides is 1. The van der Waals surface area contributed by atoms with Gasteiger partial charge < -0.3 is 9.47 Å². The van der Waals surface area contributed by atoms with Crippen molar-refractivity contribution in [2.45, 2.75) is 36.6 Å². The van der Waals surface area contributed by atoms with Gasteiger partial charge in [0.15, 0.2) is 0 Å². The van der Waals surface area contributed by atoms with Gasteiger partial charge in [-0.1, -0.05) is 12.8 Å². The number of nitrogens with zero attached hydrogens (tertiary/aromatic N) is 2. The predicted molar refractivity (Wildman–Crippen MR) is 71.1 cm³/mol. The summed E-state index contributed by atoms with van der Waals surface area (Å²) in [4.78, 5) is 14.0. The maximum Gasteiger partial charge on any atom is 0.270 e. The number of amides is 1. The molecular formula is C12H19N3O3S. The minimum Gasteiger partial charge on any atom is -0.345 e. The Morgan fingerprint density at radius 3 is 2.47 bits per heavy atom. The van der Waals surface area contributed by atoms with E-state index in [0.717, 1.165) is 25.7 Å². The minimum atomic E-state index is -3.77. The number of hydrogen-bond donors (Lipinski definition) is 1. The van der Waals surface area contributed by atoms with Crippen molar-refractivity contribution in [1.82, 2.24) is 9.47 Å². The van der Waals surface area contributed by atoms with Crippen LogP contribution in [0.25, 0.3) is 0 Å². The van der Waals surface area contributed by atoms with Crippen LogP contribution in [0.1, 0.15) is 36.2 Å². The molecule has 0 radical (unpaired) electrons. The number of carbonyl (C=O) groups excluding carboxylic acids is 1. The first kappa shape index (κ1) is 14.1. The van der Waals surface area contributed by atoms with Gasteiger partial charge in [-0.3, -0.25) is 4.79 Å². The van der Waals surface area contributed by atoms with Gasteiger partial charge in [0, 0.05) is 26.3 Å². The fraction of sp³-hybridized carbons (Fsp3) is 0.583. The highest BCUT2D eigenvalue weighted by Gasteiger charge is 2.26. The molecule has 1 heterocycles. The highest BCUT2D eigenvalue weighted by molar-refractivity contribution is 7.89. The molecule has 0 saturated heterocycles. The molecule has 1 aliphatic carbocycles. The summed E-state index contributed by atoms with van der Waals surface area (Å²) < 4.78 is 24.1. The molecule has 0 aliphatic heterocycles. The summed E-state index contributed by atoms with van der Waals surface area (Å²) in [6, 6.07) is 1.59. The first-order valence-corrected chi connectivity index (χ1v) is 7.81. The van der Waals surface area contributed by atoms with Gasteiger partial charge >= 0.3 is 0 Å². The Hall–Kier alpha value is -1.34. The third kappa shape index (κ3) is 2.82. The smallest absolute Gasteiger partial charge is 0.270 e. The topological polar surface area (TPSA) is 85.4 Å². The molecule has 7 heteroatoms. The summed E-state index contributed by atoms with van der Waals surface area (Å²) >= 11 is 0. The lowest BCUT2D eigenvalue weighted by Gasteiger charge is -2.24. The molecule has 1 aromatic heterocycles. The highest BCUT2D eigenvalue weighted by Crippen LogP contribution is 2.24. The van der Waals surface area contributed by atoms with Crippen LogP contribution in [0.3, 0.4) is 0 Å². The van der Waals surface area contributed by atoms with Gasteiger partial charge in [0.2, 0.25) is 10.0 Å². The second-order valence-corrected chi connectivity index (χ2v) is 6.63. The third-order valence-corrected chi connectivity index (χ3v) is 4.60. The zero-order valence-electron chi connectivity index (χ0n) is 11.2. The van der Waals surface area contributed by atoms with Crippen molar-refractivity contribution in [3.05, 3.63) is 18.0 Å². The molecule has 6 nitrogen and oxygen atoms in total. The Morgan fingerprint density at radius 1 is 1.42 bits per heavy atom. The number of sulfonamides is 1. The summed E-state index contributed by atoms with van der Waals surface area (Å²) in [5.74, 6) is -0.163. The molecule has 0 atom stereocenters. The van der Waals surface area contributed by atoms with Gasteiger partial charge in [0.1, 0.15) is 10.6 Å². The monoisotopic (exact) mass is 285 g/mol. The van der Waals surface area contributed by atoms with E-state index in [1.54, 1.807) is 19.0 Å². The SMILES string of the molecule is CN(C(=O)c1cc(S(N)(=O)=O)cn1C)C1CCCC1. The molecule has 19 heavy (non-hydrogen) atoms. The fourth-order valence-electron chi connectivity index (χ4n) is 2.54. The number of aryl methyl sites for hydroxylation is 1. The van der Waals surface area contributed by atoms with Crippen LogP contribution in [0, 0.1) is 0 Å². The van der Waals surface area contributed by atoms with E-state index in [-0.39, 0.29) is 16.8 Å². The van der Waals surface area contributed by atoms with E-state index in [2.05, 4.69) is 0 Å². The highest BCUT2D eigenvalue weighted by atomic mass is 32.2. The third-order valence-electron chi connectivity index (χ3n) is 3.72. The van der Waals surface area contributed by atoms with Crippen molar-refractivity contribution in [2.24, 2.45) is 12.2 Å². The molecule has 1 amide bonds. The van der Waals surface area contributed by atoms with Crippen LogP contribution in [-0.2, 0) is 17.1 Å². The van der Waals surface area contributed by atoms with Crippen molar-refractivity contribution in [3.63, 3.8) is 0 Å². The van der Waals surface area contributed by atoms with E-state index in [9.17, 15) is 13.2 Å². The first-order chi connectivity index (χ1) is 8.80. The Labute approximate surface area is 113 Å². The molecule has 2 rings (SSSR count). The van der Waals surface area contributed by atoms with E-state index < -0.39 is 10.0 Å². The molecule has 0 bridgehead atoms. The van der Waals surface area contributed by atoms with Gasteiger partial charge in [-0.15, -0.1) is 0 Å². The number of hydrogen-bond acceptors (Lipinski definition) is 3. The quantitative estimate of drug-likeness (QED) is 0.886. The van der Waals surface area contributed by atoms with Gasteiger partial charge in [-0.25, -0.2) is 13.6 Å². The molecular weight excluding hydrogens is 266 g/mol. The lowest BCUT2D eigenvalue weighted by atomic mass is 10.2. The number of rotatable bonds is 3. The molecule has 1 saturated carbocycles.